The van der Waals surface area contributed by atoms with Gasteiger partial charge in [-0.1, -0.05) is 17.7 Å². The largest absolute Gasteiger partial charge is 0.493 e. The van der Waals surface area contributed by atoms with Crippen molar-refractivity contribution in [3.8, 4) is 22.8 Å². The van der Waals surface area contributed by atoms with Crippen LogP contribution in [0.4, 0.5) is 11.5 Å². The van der Waals surface area contributed by atoms with Crippen molar-refractivity contribution in [1.29, 1.82) is 0 Å². The smallest absolute Gasteiger partial charge is 0.161 e. The van der Waals surface area contributed by atoms with Crippen molar-refractivity contribution in [3.05, 3.63) is 66.1 Å². The molecule has 4 rings (SSSR count). The SMILES string of the molecule is COc1ccc(-c2nc3cnccn3c2Nc2ccc(C)cc2C)cc1OC. The molecular weight excluding hydrogens is 352 g/mol. The summed E-state index contributed by atoms with van der Waals surface area (Å²) in [6.45, 7) is 4.18. The first-order chi connectivity index (χ1) is 13.6. The van der Waals surface area contributed by atoms with Crippen LogP contribution in [0.2, 0.25) is 0 Å². The molecule has 2 aromatic carbocycles. The van der Waals surface area contributed by atoms with Gasteiger partial charge in [-0.15, -0.1) is 0 Å². The van der Waals surface area contributed by atoms with E-state index in [4.69, 9.17) is 14.5 Å². The van der Waals surface area contributed by atoms with Crippen LogP contribution in [0.5, 0.6) is 11.5 Å². The lowest BCUT2D eigenvalue weighted by Gasteiger charge is -2.13. The van der Waals surface area contributed by atoms with Crippen molar-refractivity contribution in [1.82, 2.24) is 14.4 Å². The number of hydrogen-bond donors (Lipinski definition) is 1. The lowest BCUT2D eigenvalue weighted by atomic mass is 10.1. The number of aryl methyl sites for hydroxylation is 2. The fourth-order valence-corrected chi connectivity index (χ4v) is 3.29. The van der Waals surface area contributed by atoms with Gasteiger partial charge in [-0.05, 0) is 43.7 Å². The van der Waals surface area contributed by atoms with Crippen LogP contribution in [0, 0.1) is 13.8 Å². The van der Waals surface area contributed by atoms with Crippen LogP contribution in [-0.2, 0) is 0 Å². The van der Waals surface area contributed by atoms with Crippen molar-refractivity contribution in [2.45, 2.75) is 13.8 Å². The number of anilines is 2. The van der Waals surface area contributed by atoms with Crippen LogP contribution in [-0.4, -0.2) is 28.6 Å². The van der Waals surface area contributed by atoms with Crippen LogP contribution in [0.1, 0.15) is 11.1 Å². The Kier molecular flexibility index (Phi) is 4.61. The van der Waals surface area contributed by atoms with E-state index in [1.54, 1.807) is 26.6 Å². The van der Waals surface area contributed by atoms with Gasteiger partial charge in [0.1, 0.15) is 11.5 Å². The number of ether oxygens (including phenoxy) is 2. The predicted octanol–water partition coefficient (Wildman–Crippen LogP) is 4.77. The van der Waals surface area contributed by atoms with Crippen LogP contribution in [0.25, 0.3) is 16.9 Å². The maximum atomic E-state index is 5.47. The van der Waals surface area contributed by atoms with Crippen molar-refractivity contribution >= 4 is 17.2 Å². The standard InChI is InChI=1S/C22H22N4O2/c1-14-5-7-17(15(2)11-14)24-22-21(25-20-13-23-9-10-26(20)22)16-6-8-18(27-3)19(12-16)28-4/h5-13,24H,1-4H3. The second-order valence-corrected chi connectivity index (χ2v) is 6.63. The highest BCUT2D eigenvalue weighted by atomic mass is 16.5. The summed E-state index contributed by atoms with van der Waals surface area (Å²) in [5.41, 5.74) is 5.93. The molecule has 0 saturated carbocycles. The Hall–Kier alpha value is -3.54. The molecule has 0 unspecified atom stereocenters. The summed E-state index contributed by atoms with van der Waals surface area (Å²) >= 11 is 0. The van der Waals surface area contributed by atoms with Gasteiger partial charge in [0.05, 0.1) is 20.4 Å². The van der Waals surface area contributed by atoms with Gasteiger partial charge >= 0.3 is 0 Å². The molecule has 2 heterocycles. The maximum absolute atomic E-state index is 5.47. The summed E-state index contributed by atoms with van der Waals surface area (Å²) < 4.78 is 12.8. The van der Waals surface area contributed by atoms with E-state index in [1.807, 2.05) is 28.8 Å². The molecule has 28 heavy (non-hydrogen) atoms. The Labute approximate surface area is 163 Å². The Bertz CT molecular complexity index is 1150. The van der Waals surface area contributed by atoms with Gasteiger partial charge in [-0.25, -0.2) is 4.98 Å². The van der Waals surface area contributed by atoms with Gasteiger partial charge in [0.25, 0.3) is 0 Å². The van der Waals surface area contributed by atoms with Crippen molar-refractivity contribution < 1.29 is 9.47 Å². The second kappa shape index (κ2) is 7.23. The molecular formula is C22H22N4O2. The predicted molar refractivity (Wildman–Crippen MR) is 111 cm³/mol. The lowest BCUT2D eigenvalue weighted by Crippen LogP contribution is -1.99. The minimum Gasteiger partial charge on any atom is -0.493 e. The number of aromatic nitrogens is 3. The van der Waals surface area contributed by atoms with E-state index in [1.165, 1.54) is 11.1 Å². The molecule has 0 aliphatic rings. The molecule has 0 aliphatic carbocycles. The molecule has 6 heteroatoms. The van der Waals surface area contributed by atoms with E-state index in [0.29, 0.717) is 11.5 Å². The fraction of sp³-hybridized carbons (Fsp3) is 0.182. The van der Waals surface area contributed by atoms with Crippen LogP contribution in [0.15, 0.2) is 55.0 Å². The first-order valence-electron chi connectivity index (χ1n) is 8.99. The van der Waals surface area contributed by atoms with Crippen molar-refractivity contribution in [2.75, 3.05) is 19.5 Å². The summed E-state index contributed by atoms with van der Waals surface area (Å²) in [4.78, 5) is 9.00. The quantitative estimate of drug-likeness (QED) is 0.545. The number of imidazole rings is 1. The number of fused-ring (bicyclic) bond motifs is 1. The van der Waals surface area contributed by atoms with E-state index in [9.17, 15) is 0 Å². The third-order valence-electron chi connectivity index (χ3n) is 4.72. The van der Waals surface area contributed by atoms with E-state index in [2.05, 4.69) is 42.3 Å². The summed E-state index contributed by atoms with van der Waals surface area (Å²) in [6.07, 6.45) is 5.40. The third kappa shape index (κ3) is 3.13. The molecule has 0 saturated heterocycles. The third-order valence-corrected chi connectivity index (χ3v) is 4.72. The first-order valence-corrected chi connectivity index (χ1v) is 8.99. The molecule has 1 N–H and O–H groups in total. The van der Waals surface area contributed by atoms with E-state index in [0.717, 1.165) is 28.4 Å². The monoisotopic (exact) mass is 374 g/mol. The summed E-state index contributed by atoms with van der Waals surface area (Å²) in [5, 5.41) is 3.56. The summed E-state index contributed by atoms with van der Waals surface area (Å²) in [5.74, 6) is 2.21. The van der Waals surface area contributed by atoms with Gasteiger partial charge in [-0.3, -0.25) is 9.38 Å². The Morgan fingerprint density at radius 3 is 2.54 bits per heavy atom. The normalized spacial score (nSPS) is 10.9. The Morgan fingerprint density at radius 1 is 0.964 bits per heavy atom. The van der Waals surface area contributed by atoms with E-state index in [-0.39, 0.29) is 0 Å². The highest BCUT2D eigenvalue weighted by Crippen LogP contribution is 2.36. The van der Waals surface area contributed by atoms with E-state index < -0.39 is 0 Å². The van der Waals surface area contributed by atoms with E-state index >= 15 is 0 Å². The van der Waals surface area contributed by atoms with Crippen LogP contribution in [0.3, 0.4) is 0 Å². The molecule has 2 aromatic heterocycles. The van der Waals surface area contributed by atoms with Crippen molar-refractivity contribution in [3.63, 3.8) is 0 Å². The molecule has 0 amide bonds. The Balaban J connectivity index is 1.88. The zero-order valence-electron chi connectivity index (χ0n) is 16.4. The highest BCUT2D eigenvalue weighted by molar-refractivity contribution is 5.81. The second-order valence-electron chi connectivity index (χ2n) is 6.63. The number of benzene rings is 2. The first kappa shape index (κ1) is 17.9. The van der Waals surface area contributed by atoms with Gasteiger partial charge in [0.15, 0.2) is 17.1 Å². The van der Waals surface area contributed by atoms with Gasteiger partial charge in [0, 0.05) is 23.6 Å². The van der Waals surface area contributed by atoms with Crippen LogP contribution >= 0.6 is 0 Å². The number of hydrogen-bond acceptors (Lipinski definition) is 5. The zero-order valence-corrected chi connectivity index (χ0v) is 16.4. The minimum atomic E-state index is 0.660. The van der Waals surface area contributed by atoms with Gasteiger partial charge in [-0.2, -0.15) is 0 Å². The zero-order chi connectivity index (χ0) is 19.7. The number of nitrogens with one attached hydrogen (secondary N) is 1. The van der Waals surface area contributed by atoms with Gasteiger partial charge in [0.2, 0.25) is 0 Å². The number of methoxy groups -OCH3 is 2. The summed E-state index contributed by atoms with van der Waals surface area (Å²) in [7, 11) is 3.26. The number of rotatable bonds is 5. The van der Waals surface area contributed by atoms with Gasteiger partial charge < -0.3 is 14.8 Å². The number of nitrogens with zero attached hydrogens (tertiary/aromatic N) is 3. The molecule has 0 spiro atoms. The Morgan fingerprint density at radius 2 is 1.79 bits per heavy atom. The van der Waals surface area contributed by atoms with Crippen LogP contribution < -0.4 is 14.8 Å². The average Bonchev–Trinajstić information content (AvgIpc) is 3.08. The minimum absolute atomic E-state index is 0.660. The molecule has 0 radical (unpaired) electrons. The molecule has 142 valence electrons. The lowest BCUT2D eigenvalue weighted by molar-refractivity contribution is 0.355. The maximum Gasteiger partial charge on any atom is 0.161 e. The fourth-order valence-electron chi connectivity index (χ4n) is 3.29. The summed E-state index contributed by atoms with van der Waals surface area (Å²) in [6, 6.07) is 12.1. The molecule has 0 atom stereocenters. The molecule has 0 bridgehead atoms. The molecule has 0 aliphatic heterocycles. The van der Waals surface area contributed by atoms with Crippen molar-refractivity contribution in [2.24, 2.45) is 0 Å². The topological polar surface area (TPSA) is 60.7 Å². The molecule has 4 aromatic rings. The molecule has 6 nitrogen and oxygen atoms in total. The average molecular weight is 374 g/mol. The molecule has 0 fully saturated rings. The highest BCUT2D eigenvalue weighted by Gasteiger charge is 2.17.